The molecule has 0 saturated carbocycles. The zero-order valence-corrected chi connectivity index (χ0v) is 14.1. The van der Waals surface area contributed by atoms with Crippen molar-refractivity contribution in [1.82, 2.24) is 20.6 Å². The molecule has 1 aliphatic rings. The molecule has 2 aromatic heterocycles. The van der Waals surface area contributed by atoms with E-state index in [1.165, 1.54) is 0 Å². The van der Waals surface area contributed by atoms with Gasteiger partial charge in [0, 0.05) is 37.3 Å². The van der Waals surface area contributed by atoms with Crippen LogP contribution in [0.2, 0.25) is 0 Å². The highest BCUT2D eigenvalue weighted by Gasteiger charge is 2.30. The fourth-order valence-corrected chi connectivity index (χ4v) is 2.84. The standard InChI is InChI=1S/C18H22N4O3/c1-2-24-17-14(4-3-8-20-17)12-21-18(23)22-15-7-11-25-16(15)13-5-9-19-10-6-13/h3-6,8-10,15-16H,2,7,11-12H2,1H3,(H2,21,22,23)/t15-,16+/m1/s1. The van der Waals surface area contributed by atoms with Crippen molar-refractivity contribution in [2.24, 2.45) is 0 Å². The van der Waals surface area contributed by atoms with Gasteiger partial charge in [-0.1, -0.05) is 6.07 Å². The third-order valence-corrected chi connectivity index (χ3v) is 4.01. The first-order valence-corrected chi connectivity index (χ1v) is 8.40. The SMILES string of the molecule is CCOc1ncccc1CNC(=O)N[C@@H]1CCO[C@H]1c1ccncc1. The number of rotatable bonds is 6. The zero-order valence-electron chi connectivity index (χ0n) is 14.1. The molecule has 132 valence electrons. The van der Waals surface area contributed by atoms with Crippen LogP contribution in [0.3, 0.4) is 0 Å². The first-order chi connectivity index (χ1) is 12.3. The van der Waals surface area contributed by atoms with Gasteiger partial charge in [0.25, 0.3) is 0 Å². The maximum absolute atomic E-state index is 12.3. The molecule has 7 nitrogen and oxygen atoms in total. The van der Waals surface area contributed by atoms with E-state index < -0.39 is 0 Å². The summed E-state index contributed by atoms with van der Waals surface area (Å²) < 4.78 is 11.2. The normalized spacial score (nSPS) is 19.4. The van der Waals surface area contributed by atoms with Crippen LogP contribution in [0.15, 0.2) is 42.9 Å². The van der Waals surface area contributed by atoms with Crippen LogP contribution in [0.1, 0.15) is 30.6 Å². The van der Waals surface area contributed by atoms with Gasteiger partial charge < -0.3 is 20.1 Å². The van der Waals surface area contributed by atoms with E-state index >= 15 is 0 Å². The minimum absolute atomic E-state index is 0.0670. The molecule has 2 atom stereocenters. The number of hydrogen-bond donors (Lipinski definition) is 2. The average molecular weight is 342 g/mol. The maximum Gasteiger partial charge on any atom is 0.315 e. The van der Waals surface area contributed by atoms with Crippen LogP contribution < -0.4 is 15.4 Å². The molecule has 0 unspecified atom stereocenters. The van der Waals surface area contributed by atoms with E-state index in [1.54, 1.807) is 18.6 Å². The lowest BCUT2D eigenvalue weighted by atomic mass is 10.0. The molecule has 1 saturated heterocycles. The largest absolute Gasteiger partial charge is 0.478 e. The van der Waals surface area contributed by atoms with Crippen molar-refractivity contribution in [2.75, 3.05) is 13.2 Å². The Kier molecular flexibility index (Phi) is 5.79. The number of ether oxygens (including phenoxy) is 2. The molecule has 2 aromatic rings. The summed E-state index contributed by atoms with van der Waals surface area (Å²) in [7, 11) is 0. The number of pyridine rings is 2. The van der Waals surface area contributed by atoms with Crippen LogP contribution in [0.5, 0.6) is 5.88 Å². The van der Waals surface area contributed by atoms with Gasteiger partial charge in [0.2, 0.25) is 5.88 Å². The Balaban J connectivity index is 1.56. The highest BCUT2D eigenvalue weighted by Crippen LogP contribution is 2.28. The summed E-state index contributed by atoms with van der Waals surface area (Å²) in [6.07, 6.45) is 5.75. The lowest BCUT2D eigenvalue weighted by Gasteiger charge is -2.20. The molecule has 3 rings (SSSR count). The number of nitrogens with zero attached hydrogens (tertiary/aromatic N) is 2. The summed E-state index contributed by atoms with van der Waals surface area (Å²) in [6, 6.07) is 7.22. The summed E-state index contributed by atoms with van der Waals surface area (Å²) in [5.41, 5.74) is 1.86. The minimum Gasteiger partial charge on any atom is -0.478 e. The molecule has 2 N–H and O–H groups in total. The lowest BCUT2D eigenvalue weighted by molar-refractivity contribution is 0.0998. The van der Waals surface area contributed by atoms with Gasteiger partial charge in [0.15, 0.2) is 0 Å². The van der Waals surface area contributed by atoms with Crippen LogP contribution in [0, 0.1) is 0 Å². The topological polar surface area (TPSA) is 85.4 Å². The molecule has 25 heavy (non-hydrogen) atoms. The van der Waals surface area contributed by atoms with Crippen molar-refractivity contribution in [3.05, 3.63) is 54.0 Å². The average Bonchev–Trinajstić information content (AvgIpc) is 3.10. The fraction of sp³-hybridized carbons (Fsp3) is 0.389. The number of carbonyl (C=O) groups excluding carboxylic acids is 1. The highest BCUT2D eigenvalue weighted by molar-refractivity contribution is 5.74. The third-order valence-electron chi connectivity index (χ3n) is 4.01. The Morgan fingerprint density at radius 1 is 1.32 bits per heavy atom. The molecule has 0 spiro atoms. The second kappa shape index (κ2) is 8.43. The molecule has 0 radical (unpaired) electrons. The van der Waals surface area contributed by atoms with Crippen LogP contribution in [-0.4, -0.2) is 35.3 Å². The number of urea groups is 1. The predicted molar refractivity (Wildman–Crippen MR) is 92.1 cm³/mol. The van der Waals surface area contributed by atoms with Crippen LogP contribution in [0.4, 0.5) is 4.79 Å². The monoisotopic (exact) mass is 342 g/mol. The van der Waals surface area contributed by atoms with Gasteiger partial charge in [-0.3, -0.25) is 4.98 Å². The molecule has 1 fully saturated rings. The smallest absolute Gasteiger partial charge is 0.315 e. The predicted octanol–water partition coefficient (Wildman–Crippen LogP) is 2.20. The Hall–Kier alpha value is -2.67. The van der Waals surface area contributed by atoms with Gasteiger partial charge in [-0.15, -0.1) is 0 Å². The van der Waals surface area contributed by atoms with Gasteiger partial charge in [0.1, 0.15) is 6.10 Å². The molecular weight excluding hydrogens is 320 g/mol. The molecular formula is C18H22N4O3. The van der Waals surface area contributed by atoms with Gasteiger partial charge in [-0.05, 0) is 37.1 Å². The van der Waals surface area contributed by atoms with Gasteiger partial charge in [-0.2, -0.15) is 0 Å². The number of aromatic nitrogens is 2. The Labute approximate surface area is 146 Å². The Morgan fingerprint density at radius 2 is 2.16 bits per heavy atom. The molecule has 1 aliphatic heterocycles. The summed E-state index contributed by atoms with van der Waals surface area (Å²) in [6.45, 7) is 3.40. The van der Waals surface area contributed by atoms with Crippen LogP contribution >= 0.6 is 0 Å². The Bertz CT molecular complexity index is 696. The third kappa shape index (κ3) is 4.45. The van der Waals surface area contributed by atoms with Gasteiger partial charge in [-0.25, -0.2) is 9.78 Å². The highest BCUT2D eigenvalue weighted by atomic mass is 16.5. The molecule has 7 heteroatoms. The zero-order chi connectivity index (χ0) is 17.5. The number of amides is 2. The van der Waals surface area contributed by atoms with E-state index in [0.29, 0.717) is 25.6 Å². The van der Waals surface area contributed by atoms with Crippen molar-refractivity contribution < 1.29 is 14.3 Å². The molecule has 3 heterocycles. The molecule has 0 bridgehead atoms. The summed E-state index contributed by atoms with van der Waals surface area (Å²) >= 11 is 0. The van der Waals surface area contributed by atoms with E-state index in [-0.39, 0.29) is 18.2 Å². The first-order valence-electron chi connectivity index (χ1n) is 8.40. The van der Waals surface area contributed by atoms with E-state index in [9.17, 15) is 4.79 Å². The second-order valence-corrected chi connectivity index (χ2v) is 5.69. The summed E-state index contributed by atoms with van der Waals surface area (Å²) in [4.78, 5) is 20.5. The minimum atomic E-state index is -0.235. The lowest BCUT2D eigenvalue weighted by Crippen LogP contribution is -2.43. The van der Waals surface area contributed by atoms with Crippen molar-refractivity contribution in [1.29, 1.82) is 0 Å². The van der Waals surface area contributed by atoms with Crippen molar-refractivity contribution in [3.63, 3.8) is 0 Å². The van der Waals surface area contributed by atoms with Crippen molar-refractivity contribution in [2.45, 2.75) is 32.0 Å². The summed E-state index contributed by atoms with van der Waals surface area (Å²) in [5, 5.41) is 5.85. The van der Waals surface area contributed by atoms with E-state index in [2.05, 4.69) is 20.6 Å². The number of hydrogen-bond acceptors (Lipinski definition) is 5. The van der Waals surface area contributed by atoms with E-state index in [4.69, 9.17) is 9.47 Å². The maximum atomic E-state index is 12.3. The van der Waals surface area contributed by atoms with E-state index in [0.717, 1.165) is 17.5 Å². The van der Waals surface area contributed by atoms with Crippen LogP contribution in [-0.2, 0) is 11.3 Å². The number of carbonyl (C=O) groups is 1. The Morgan fingerprint density at radius 3 is 2.96 bits per heavy atom. The first kappa shape index (κ1) is 17.2. The van der Waals surface area contributed by atoms with Crippen LogP contribution in [0.25, 0.3) is 0 Å². The number of nitrogens with one attached hydrogen (secondary N) is 2. The second-order valence-electron chi connectivity index (χ2n) is 5.69. The molecule has 0 aromatic carbocycles. The van der Waals surface area contributed by atoms with Crippen molar-refractivity contribution >= 4 is 6.03 Å². The fourth-order valence-electron chi connectivity index (χ4n) is 2.84. The van der Waals surface area contributed by atoms with E-state index in [1.807, 2.05) is 31.2 Å². The van der Waals surface area contributed by atoms with Gasteiger partial charge in [0.05, 0.1) is 12.6 Å². The molecule has 0 aliphatic carbocycles. The molecule has 2 amide bonds. The quantitative estimate of drug-likeness (QED) is 0.841. The summed E-state index contributed by atoms with van der Waals surface area (Å²) in [5.74, 6) is 0.546. The van der Waals surface area contributed by atoms with Gasteiger partial charge >= 0.3 is 6.03 Å². The van der Waals surface area contributed by atoms with Crippen molar-refractivity contribution in [3.8, 4) is 5.88 Å².